The van der Waals surface area contributed by atoms with E-state index in [2.05, 4.69) is 14.7 Å². The highest BCUT2D eigenvalue weighted by Crippen LogP contribution is 2.18. The molecule has 1 aromatic heterocycles. The van der Waals surface area contributed by atoms with Gasteiger partial charge >= 0.3 is 17.6 Å². The number of nitrogens with zero attached hydrogens (tertiary/aromatic N) is 1. The fraction of sp³-hybridized carbons (Fsp3) is 0.182. The smallest absolute Gasteiger partial charge is 0.397 e. The predicted molar refractivity (Wildman–Crippen MR) is 64.3 cm³/mol. The number of rotatable bonds is 1. The van der Waals surface area contributed by atoms with Gasteiger partial charge in [0.25, 0.3) is 0 Å². The first kappa shape index (κ1) is 11.9. The van der Waals surface area contributed by atoms with E-state index in [-0.39, 0.29) is 5.69 Å². The van der Waals surface area contributed by atoms with Crippen molar-refractivity contribution < 1.29 is 14.3 Å². The number of hydrogen-bond donors (Lipinski definition) is 2. The van der Waals surface area contributed by atoms with Crippen molar-refractivity contribution >= 4 is 28.6 Å². The quantitative estimate of drug-likeness (QED) is 0.549. The number of carbonyl (C=O) groups is 2. The Balaban J connectivity index is 2.38. The molecule has 0 aliphatic heterocycles. The highest BCUT2D eigenvalue weighted by atomic mass is 16.5. The van der Waals surface area contributed by atoms with E-state index in [4.69, 9.17) is 0 Å². The van der Waals surface area contributed by atoms with Crippen LogP contribution in [0, 0.1) is 0 Å². The van der Waals surface area contributed by atoms with E-state index >= 15 is 0 Å². The summed E-state index contributed by atoms with van der Waals surface area (Å²) in [7, 11) is 2.59. The van der Waals surface area contributed by atoms with E-state index in [1.54, 1.807) is 18.2 Å². The van der Waals surface area contributed by atoms with Crippen molar-refractivity contribution in [1.82, 2.24) is 9.97 Å². The molecule has 1 amide bonds. The van der Waals surface area contributed by atoms with Crippen LogP contribution in [-0.4, -0.2) is 36.0 Å². The number of benzene rings is 1. The van der Waals surface area contributed by atoms with Gasteiger partial charge in [-0.25, -0.2) is 9.59 Å². The monoisotopic (exact) mass is 249 g/mol. The fourth-order valence-electron chi connectivity index (χ4n) is 1.57. The summed E-state index contributed by atoms with van der Waals surface area (Å²) in [5.74, 6) is -1.73. The van der Waals surface area contributed by atoms with Crippen LogP contribution in [0.5, 0.6) is 0 Å². The number of hydrogen-bond acceptors (Lipinski definition) is 4. The van der Waals surface area contributed by atoms with Gasteiger partial charge in [0, 0.05) is 12.7 Å². The van der Waals surface area contributed by atoms with Gasteiger partial charge in [0.2, 0.25) is 0 Å². The van der Waals surface area contributed by atoms with Crippen molar-refractivity contribution in [1.29, 1.82) is 0 Å². The lowest BCUT2D eigenvalue weighted by atomic mass is 10.2. The zero-order chi connectivity index (χ0) is 13.3. The van der Waals surface area contributed by atoms with Gasteiger partial charge in [0.05, 0.1) is 18.1 Å². The number of esters is 1. The fourth-order valence-corrected chi connectivity index (χ4v) is 1.57. The Morgan fingerprint density at radius 2 is 1.89 bits per heavy atom. The van der Waals surface area contributed by atoms with Gasteiger partial charge in [-0.2, -0.15) is 0 Å². The number of imidazole rings is 1. The number of ether oxygens (including phenoxy) is 1. The summed E-state index contributed by atoms with van der Waals surface area (Å²) in [5, 5.41) is 0. The number of methoxy groups -OCH3 is 1. The lowest BCUT2D eigenvalue weighted by Crippen LogP contribution is -2.33. The van der Waals surface area contributed by atoms with Gasteiger partial charge in [-0.3, -0.25) is 4.79 Å². The van der Waals surface area contributed by atoms with E-state index in [1.807, 2.05) is 0 Å². The maximum atomic E-state index is 11.6. The lowest BCUT2D eigenvalue weighted by Gasteiger charge is -2.15. The Morgan fingerprint density at radius 1 is 1.22 bits per heavy atom. The average molecular weight is 249 g/mol. The van der Waals surface area contributed by atoms with E-state index in [0.29, 0.717) is 16.7 Å². The Morgan fingerprint density at radius 3 is 2.56 bits per heavy atom. The minimum absolute atomic E-state index is 0.330. The van der Waals surface area contributed by atoms with Gasteiger partial charge in [0.15, 0.2) is 0 Å². The third-order valence-electron chi connectivity index (χ3n) is 2.55. The van der Waals surface area contributed by atoms with E-state index < -0.39 is 11.9 Å². The molecule has 0 bridgehead atoms. The third kappa shape index (κ3) is 1.97. The zero-order valence-electron chi connectivity index (χ0n) is 9.81. The molecule has 0 aliphatic rings. The maximum absolute atomic E-state index is 11.6. The predicted octanol–water partition coefficient (Wildman–Crippen LogP) is -0.00800. The van der Waals surface area contributed by atoms with E-state index in [0.717, 1.165) is 12.0 Å². The summed E-state index contributed by atoms with van der Waals surface area (Å²) in [5.41, 5.74) is 1.34. The summed E-state index contributed by atoms with van der Waals surface area (Å²) >= 11 is 0. The lowest BCUT2D eigenvalue weighted by molar-refractivity contribution is -0.151. The molecule has 0 saturated carbocycles. The van der Waals surface area contributed by atoms with Crippen molar-refractivity contribution in [2.24, 2.45) is 0 Å². The molecule has 0 fully saturated rings. The van der Waals surface area contributed by atoms with Crippen LogP contribution in [0.15, 0.2) is 23.0 Å². The first-order valence-corrected chi connectivity index (χ1v) is 5.11. The molecular weight excluding hydrogens is 238 g/mol. The van der Waals surface area contributed by atoms with E-state index in [9.17, 15) is 14.4 Å². The highest BCUT2D eigenvalue weighted by Gasteiger charge is 2.20. The molecule has 0 aliphatic carbocycles. The SMILES string of the molecule is COC(=O)C(=O)N(C)c1ccc2[nH]c(=O)[nH]c2c1. The van der Waals surface area contributed by atoms with Gasteiger partial charge in [-0.15, -0.1) is 0 Å². The topological polar surface area (TPSA) is 95.3 Å². The first-order valence-electron chi connectivity index (χ1n) is 5.11. The van der Waals surface area contributed by atoms with Crippen LogP contribution < -0.4 is 10.6 Å². The van der Waals surface area contributed by atoms with Crippen molar-refractivity contribution in [2.45, 2.75) is 0 Å². The number of anilines is 1. The number of likely N-dealkylation sites (N-methyl/N-ethyl adjacent to an activating group) is 1. The Labute approximate surface area is 101 Å². The summed E-state index contributed by atoms with van der Waals surface area (Å²) < 4.78 is 4.35. The first-order chi connectivity index (χ1) is 8.52. The second-order valence-electron chi connectivity index (χ2n) is 3.66. The average Bonchev–Trinajstić information content (AvgIpc) is 2.74. The molecule has 0 unspecified atom stereocenters. The molecule has 1 aromatic carbocycles. The molecule has 0 atom stereocenters. The molecule has 2 rings (SSSR count). The summed E-state index contributed by atoms with van der Waals surface area (Å²) in [6.45, 7) is 0. The van der Waals surface area contributed by atoms with Gasteiger partial charge < -0.3 is 19.6 Å². The maximum Gasteiger partial charge on any atom is 0.397 e. The van der Waals surface area contributed by atoms with Crippen LogP contribution in [-0.2, 0) is 14.3 Å². The van der Waals surface area contributed by atoms with Gasteiger partial charge in [-0.1, -0.05) is 0 Å². The Hall–Kier alpha value is -2.57. The van der Waals surface area contributed by atoms with Crippen molar-refractivity contribution in [2.75, 3.05) is 19.1 Å². The van der Waals surface area contributed by atoms with Gasteiger partial charge in [-0.05, 0) is 18.2 Å². The minimum Gasteiger partial charge on any atom is -0.462 e. The summed E-state index contributed by atoms with van der Waals surface area (Å²) in [6.07, 6.45) is 0. The molecule has 7 nitrogen and oxygen atoms in total. The van der Waals surface area contributed by atoms with Crippen LogP contribution in [0.4, 0.5) is 5.69 Å². The van der Waals surface area contributed by atoms with Crippen LogP contribution in [0.2, 0.25) is 0 Å². The van der Waals surface area contributed by atoms with Crippen LogP contribution >= 0.6 is 0 Å². The summed E-state index contributed by atoms with van der Waals surface area (Å²) in [6, 6.07) is 4.85. The number of carbonyl (C=O) groups excluding carboxylic acids is 2. The second-order valence-corrected chi connectivity index (χ2v) is 3.66. The number of fused-ring (bicyclic) bond motifs is 1. The zero-order valence-corrected chi connectivity index (χ0v) is 9.81. The number of nitrogens with one attached hydrogen (secondary N) is 2. The molecule has 2 aromatic rings. The third-order valence-corrected chi connectivity index (χ3v) is 2.55. The normalized spacial score (nSPS) is 10.3. The van der Waals surface area contributed by atoms with E-state index in [1.165, 1.54) is 7.05 Å². The van der Waals surface area contributed by atoms with Crippen molar-refractivity contribution in [3.05, 3.63) is 28.7 Å². The van der Waals surface area contributed by atoms with Crippen LogP contribution in [0.1, 0.15) is 0 Å². The second kappa shape index (κ2) is 4.36. The molecule has 0 radical (unpaired) electrons. The minimum atomic E-state index is -0.944. The largest absolute Gasteiger partial charge is 0.462 e. The molecule has 18 heavy (non-hydrogen) atoms. The van der Waals surface area contributed by atoms with Crippen molar-refractivity contribution in [3.8, 4) is 0 Å². The number of aromatic amines is 2. The van der Waals surface area contributed by atoms with Crippen LogP contribution in [0.3, 0.4) is 0 Å². The molecule has 94 valence electrons. The molecule has 1 heterocycles. The number of aromatic nitrogens is 2. The molecule has 0 spiro atoms. The molecular formula is C11H11N3O4. The number of H-pyrrole nitrogens is 2. The molecule has 0 saturated heterocycles. The molecule has 2 N–H and O–H groups in total. The Kier molecular flexibility index (Phi) is 2.88. The standard InChI is InChI=1S/C11H11N3O4/c1-14(9(15)10(16)18-2)6-3-4-7-8(5-6)13-11(17)12-7/h3-5H,1-2H3,(H2,12,13,17). The van der Waals surface area contributed by atoms with Crippen molar-refractivity contribution in [3.63, 3.8) is 0 Å². The van der Waals surface area contributed by atoms with Gasteiger partial charge in [0.1, 0.15) is 0 Å². The van der Waals surface area contributed by atoms with Crippen LogP contribution in [0.25, 0.3) is 11.0 Å². The number of amides is 1. The highest BCUT2D eigenvalue weighted by molar-refractivity contribution is 6.38. The molecule has 7 heteroatoms. The summed E-state index contributed by atoms with van der Waals surface area (Å²) in [4.78, 5) is 40.1. The Bertz CT molecular complexity index is 670.